The van der Waals surface area contributed by atoms with Crippen molar-refractivity contribution in [3.05, 3.63) is 34.4 Å². The summed E-state index contributed by atoms with van der Waals surface area (Å²) in [5.41, 5.74) is 4.52. The van der Waals surface area contributed by atoms with Crippen molar-refractivity contribution in [1.82, 2.24) is 0 Å². The summed E-state index contributed by atoms with van der Waals surface area (Å²) in [6.07, 6.45) is 2.93. The van der Waals surface area contributed by atoms with Crippen LogP contribution in [0.4, 0.5) is 0 Å². The Labute approximate surface area is 132 Å². The Morgan fingerprint density at radius 2 is 1.73 bits per heavy atom. The Bertz CT molecular complexity index is 565. The van der Waals surface area contributed by atoms with E-state index in [4.69, 9.17) is 0 Å². The molecule has 0 aromatic heterocycles. The second-order valence-corrected chi connectivity index (χ2v) is 6.90. The van der Waals surface area contributed by atoms with Gasteiger partial charge in [0.2, 0.25) is 0 Å². The van der Waals surface area contributed by atoms with Gasteiger partial charge in [0, 0.05) is 12.3 Å². The second kappa shape index (κ2) is 6.64. The highest BCUT2D eigenvalue weighted by molar-refractivity contribution is 5.88. The van der Waals surface area contributed by atoms with Crippen LogP contribution in [0.3, 0.4) is 0 Å². The van der Waals surface area contributed by atoms with Gasteiger partial charge >= 0.3 is 5.97 Å². The number of benzene rings is 1. The number of hydrogen-bond acceptors (Lipinski definition) is 2. The molecule has 0 aliphatic heterocycles. The number of carboxylic acids is 1. The van der Waals surface area contributed by atoms with E-state index in [0.29, 0.717) is 12.8 Å². The van der Waals surface area contributed by atoms with Crippen molar-refractivity contribution in [3.8, 4) is 0 Å². The first kappa shape index (κ1) is 16.7. The zero-order valence-electron chi connectivity index (χ0n) is 14.0. The van der Waals surface area contributed by atoms with E-state index in [1.165, 1.54) is 5.56 Å². The van der Waals surface area contributed by atoms with Crippen LogP contribution >= 0.6 is 0 Å². The average molecular weight is 302 g/mol. The number of aliphatic carboxylic acids is 1. The van der Waals surface area contributed by atoms with E-state index in [9.17, 15) is 14.7 Å². The lowest BCUT2D eigenvalue weighted by Crippen LogP contribution is -2.38. The van der Waals surface area contributed by atoms with Crippen LogP contribution < -0.4 is 0 Å². The molecule has 0 heterocycles. The zero-order chi connectivity index (χ0) is 16.4. The van der Waals surface area contributed by atoms with E-state index in [1.54, 1.807) is 0 Å². The van der Waals surface area contributed by atoms with E-state index in [1.807, 2.05) is 20.8 Å². The van der Waals surface area contributed by atoms with Crippen molar-refractivity contribution >= 4 is 11.8 Å². The molecule has 0 radical (unpaired) electrons. The number of rotatable bonds is 4. The minimum atomic E-state index is -0.817. The third kappa shape index (κ3) is 3.40. The standard InChI is InChI=1S/C19H26O3/c1-11-8-13(3)16(14(4)9-11)10-17(20)15-7-5-6-12(2)18(15)19(21)22/h8-9,12,15,18H,5-7,10H2,1-4H3,(H,21,22). The SMILES string of the molecule is Cc1cc(C)c(CC(=O)C2CCCC(C)C2C(=O)O)c(C)c1. The fraction of sp³-hybridized carbons (Fsp3) is 0.579. The molecule has 1 fully saturated rings. The first-order valence-electron chi connectivity index (χ1n) is 8.13. The number of carbonyl (C=O) groups excluding carboxylic acids is 1. The molecule has 0 saturated heterocycles. The summed E-state index contributed by atoms with van der Waals surface area (Å²) in [5.74, 6) is -1.49. The van der Waals surface area contributed by atoms with Gasteiger partial charge < -0.3 is 5.11 Å². The van der Waals surface area contributed by atoms with Crippen molar-refractivity contribution in [2.24, 2.45) is 17.8 Å². The molecule has 1 aromatic rings. The molecule has 0 amide bonds. The second-order valence-electron chi connectivity index (χ2n) is 6.90. The van der Waals surface area contributed by atoms with E-state index in [-0.39, 0.29) is 17.6 Å². The Hall–Kier alpha value is -1.64. The third-order valence-electron chi connectivity index (χ3n) is 5.11. The molecule has 120 valence electrons. The van der Waals surface area contributed by atoms with Gasteiger partial charge in [0.1, 0.15) is 5.78 Å². The summed E-state index contributed by atoms with van der Waals surface area (Å²) in [6, 6.07) is 4.18. The molecule has 3 heteroatoms. The normalized spacial score (nSPS) is 25.0. The molecule has 1 aliphatic rings. The van der Waals surface area contributed by atoms with Crippen molar-refractivity contribution in [3.63, 3.8) is 0 Å². The first-order valence-corrected chi connectivity index (χ1v) is 8.13. The Morgan fingerprint density at radius 3 is 2.27 bits per heavy atom. The number of carboxylic acid groups (broad SMARTS) is 1. The molecule has 2 rings (SSSR count). The van der Waals surface area contributed by atoms with E-state index in [0.717, 1.165) is 29.5 Å². The molecule has 3 atom stereocenters. The summed E-state index contributed by atoms with van der Waals surface area (Å²) in [7, 11) is 0. The van der Waals surface area contributed by atoms with Gasteiger partial charge in [0.15, 0.2) is 0 Å². The summed E-state index contributed by atoms with van der Waals surface area (Å²) in [4.78, 5) is 24.3. The van der Waals surface area contributed by atoms with Crippen LogP contribution in [0.5, 0.6) is 0 Å². The minimum absolute atomic E-state index is 0.0837. The minimum Gasteiger partial charge on any atom is -0.481 e. The summed E-state index contributed by atoms with van der Waals surface area (Å²) in [5, 5.41) is 9.49. The fourth-order valence-corrected chi connectivity index (χ4v) is 3.99. The largest absolute Gasteiger partial charge is 0.481 e. The highest BCUT2D eigenvalue weighted by Gasteiger charge is 2.39. The van der Waals surface area contributed by atoms with Gasteiger partial charge in [-0.1, -0.05) is 31.0 Å². The molecule has 0 spiro atoms. The average Bonchev–Trinajstić information content (AvgIpc) is 2.41. The predicted molar refractivity (Wildman–Crippen MR) is 87.0 cm³/mol. The van der Waals surface area contributed by atoms with Crippen LogP contribution in [-0.4, -0.2) is 16.9 Å². The lowest BCUT2D eigenvalue weighted by molar-refractivity contribution is -0.150. The maximum Gasteiger partial charge on any atom is 0.307 e. The Morgan fingerprint density at radius 1 is 1.14 bits per heavy atom. The quantitative estimate of drug-likeness (QED) is 0.919. The third-order valence-corrected chi connectivity index (χ3v) is 5.11. The molecule has 22 heavy (non-hydrogen) atoms. The smallest absolute Gasteiger partial charge is 0.307 e. The van der Waals surface area contributed by atoms with Gasteiger partial charge in [0.25, 0.3) is 0 Å². The van der Waals surface area contributed by atoms with Gasteiger partial charge in [0.05, 0.1) is 5.92 Å². The molecule has 1 aliphatic carbocycles. The number of aryl methyl sites for hydroxylation is 3. The summed E-state index contributed by atoms with van der Waals surface area (Å²) >= 11 is 0. The lowest BCUT2D eigenvalue weighted by atomic mass is 9.70. The molecule has 3 unspecified atom stereocenters. The maximum atomic E-state index is 12.8. The van der Waals surface area contributed by atoms with Crippen LogP contribution in [0.15, 0.2) is 12.1 Å². The number of carbonyl (C=O) groups is 2. The molecular formula is C19H26O3. The molecule has 1 saturated carbocycles. The summed E-state index contributed by atoms with van der Waals surface area (Å²) in [6.45, 7) is 8.07. The Balaban J connectivity index is 2.23. The van der Waals surface area contributed by atoms with Gasteiger partial charge in [-0.05, 0) is 56.2 Å². The van der Waals surface area contributed by atoms with Crippen LogP contribution in [-0.2, 0) is 16.0 Å². The number of ketones is 1. The molecule has 1 N–H and O–H groups in total. The van der Waals surface area contributed by atoms with Crippen LogP contribution in [0.25, 0.3) is 0 Å². The monoisotopic (exact) mass is 302 g/mol. The number of hydrogen-bond donors (Lipinski definition) is 1. The van der Waals surface area contributed by atoms with Gasteiger partial charge in [-0.15, -0.1) is 0 Å². The van der Waals surface area contributed by atoms with Crippen LogP contribution in [0.1, 0.15) is 48.4 Å². The molecule has 1 aromatic carbocycles. The summed E-state index contributed by atoms with van der Waals surface area (Å²) < 4.78 is 0. The topological polar surface area (TPSA) is 54.4 Å². The van der Waals surface area contributed by atoms with E-state index >= 15 is 0 Å². The van der Waals surface area contributed by atoms with Crippen molar-refractivity contribution in [1.29, 1.82) is 0 Å². The van der Waals surface area contributed by atoms with Crippen molar-refractivity contribution in [2.45, 2.75) is 53.4 Å². The highest BCUT2D eigenvalue weighted by atomic mass is 16.4. The molecular weight excluding hydrogens is 276 g/mol. The van der Waals surface area contributed by atoms with E-state index < -0.39 is 11.9 Å². The van der Waals surface area contributed by atoms with Crippen molar-refractivity contribution < 1.29 is 14.7 Å². The molecule has 0 bridgehead atoms. The zero-order valence-corrected chi connectivity index (χ0v) is 14.0. The van der Waals surface area contributed by atoms with Gasteiger partial charge in [-0.3, -0.25) is 9.59 Å². The van der Waals surface area contributed by atoms with Gasteiger partial charge in [-0.25, -0.2) is 0 Å². The van der Waals surface area contributed by atoms with Crippen LogP contribution in [0, 0.1) is 38.5 Å². The van der Waals surface area contributed by atoms with E-state index in [2.05, 4.69) is 19.1 Å². The predicted octanol–water partition coefficient (Wildman–Crippen LogP) is 3.86. The lowest BCUT2D eigenvalue weighted by Gasteiger charge is -2.33. The maximum absolute atomic E-state index is 12.8. The first-order chi connectivity index (χ1) is 10.3. The molecule has 3 nitrogen and oxygen atoms in total. The van der Waals surface area contributed by atoms with Gasteiger partial charge in [-0.2, -0.15) is 0 Å². The highest BCUT2D eigenvalue weighted by Crippen LogP contribution is 2.36. The Kier molecular flexibility index (Phi) is 5.05. The van der Waals surface area contributed by atoms with Crippen LogP contribution in [0.2, 0.25) is 0 Å². The number of Topliss-reactive ketones (excluding diaryl/α,β-unsaturated/α-hetero) is 1. The fourth-order valence-electron chi connectivity index (χ4n) is 3.99. The van der Waals surface area contributed by atoms with Crippen molar-refractivity contribution in [2.75, 3.05) is 0 Å².